The monoisotopic (exact) mass is 318 g/mol. The molecule has 0 aromatic heterocycles. The third-order valence-electron chi connectivity index (χ3n) is 2.29. The van der Waals surface area contributed by atoms with E-state index in [4.69, 9.17) is 5.11 Å². The summed E-state index contributed by atoms with van der Waals surface area (Å²) in [4.78, 5) is 11.4. The van der Waals surface area contributed by atoms with Gasteiger partial charge in [0.25, 0.3) is 0 Å². The Morgan fingerprint density at radius 1 is 1.50 bits per heavy atom. The highest BCUT2D eigenvalue weighted by Gasteiger charge is 2.05. The van der Waals surface area contributed by atoms with Crippen LogP contribution in [-0.4, -0.2) is 23.8 Å². The van der Waals surface area contributed by atoms with Gasteiger partial charge in [-0.2, -0.15) is 0 Å². The molecule has 0 saturated heterocycles. The molecule has 0 radical (unpaired) electrons. The summed E-state index contributed by atoms with van der Waals surface area (Å²) in [7, 11) is 0. The van der Waals surface area contributed by atoms with Crippen molar-refractivity contribution in [2.45, 2.75) is 26.0 Å². The molecule has 2 amide bonds. The number of halogens is 2. The standard InChI is InChI=1S/C12H16BrFN2O2/c1-8(17)4-5-15-12(18)16-7-9-6-10(14)2-3-11(9)13/h2-3,6,8,17H,4-5,7H2,1H3,(H2,15,16,18). The Morgan fingerprint density at radius 2 is 2.22 bits per heavy atom. The maximum absolute atomic E-state index is 13.0. The zero-order valence-corrected chi connectivity index (χ0v) is 11.6. The number of rotatable bonds is 5. The van der Waals surface area contributed by atoms with E-state index >= 15 is 0 Å². The minimum absolute atomic E-state index is 0.235. The summed E-state index contributed by atoms with van der Waals surface area (Å²) in [6, 6.07) is 3.96. The fourth-order valence-electron chi connectivity index (χ4n) is 1.31. The lowest BCUT2D eigenvalue weighted by atomic mass is 10.2. The number of carbonyl (C=O) groups is 1. The quantitative estimate of drug-likeness (QED) is 0.779. The Morgan fingerprint density at radius 3 is 2.89 bits per heavy atom. The van der Waals surface area contributed by atoms with Crippen molar-refractivity contribution in [1.82, 2.24) is 10.6 Å². The van der Waals surface area contributed by atoms with E-state index in [-0.39, 0.29) is 18.4 Å². The van der Waals surface area contributed by atoms with E-state index in [0.717, 1.165) is 4.47 Å². The molecular formula is C12H16BrFN2O2. The minimum atomic E-state index is -0.442. The molecule has 100 valence electrons. The molecule has 0 bridgehead atoms. The van der Waals surface area contributed by atoms with Gasteiger partial charge in [-0.25, -0.2) is 9.18 Å². The maximum atomic E-state index is 13.0. The van der Waals surface area contributed by atoms with Gasteiger partial charge in [-0.3, -0.25) is 0 Å². The number of aliphatic hydroxyl groups excluding tert-OH is 1. The Bertz CT molecular complexity index is 413. The zero-order valence-electron chi connectivity index (χ0n) is 10.0. The third kappa shape index (κ3) is 5.46. The maximum Gasteiger partial charge on any atom is 0.315 e. The number of hydrogen-bond acceptors (Lipinski definition) is 2. The molecule has 0 aliphatic heterocycles. The summed E-state index contributed by atoms with van der Waals surface area (Å²) < 4.78 is 13.7. The van der Waals surface area contributed by atoms with Gasteiger partial charge in [0.15, 0.2) is 0 Å². The van der Waals surface area contributed by atoms with Crippen LogP contribution in [-0.2, 0) is 6.54 Å². The van der Waals surface area contributed by atoms with Gasteiger partial charge in [0.2, 0.25) is 0 Å². The summed E-state index contributed by atoms with van der Waals surface area (Å²) in [6.45, 7) is 2.29. The van der Waals surface area contributed by atoms with Crippen molar-refractivity contribution in [2.75, 3.05) is 6.54 Å². The Labute approximate surface area is 114 Å². The first-order valence-corrected chi connectivity index (χ1v) is 6.42. The van der Waals surface area contributed by atoms with E-state index in [1.54, 1.807) is 13.0 Å². The SMILES string of the molecule is CC(O)CCNC(=O)NCc1cc(F)ccc1Br. The molecule has 0 heterocycles. The van der Waals surface area contributed by atoms with Gasteiger partial charge < -0.3 is 15.7 Å². The van der Waals surface area contributed by atoms with Gasteiger partial charge in [0.05, 0.1) is 6.10 Å². The van der Waals surface area contributed by atoms with Crippen LogP contribution in [0.25, 0.3) is 0 Å². The lowest BCUT2D eigenvalue weighted by molar-refractivity contribution is 0.183. The molecule has 0 aliphatic rings. The number of aliphatic hydroxyl groups is 1. The second-order valence-electron chi connectivity index (χ2n) is 3.98. The van der Waals surface area contributed by atoms with Crippen molar-refractivity contribution in [3.05, 3.63) is 34.1 Å². The summed E-state index contributed by atoms with van der Waals surface area (Å²) >= 11 is 3.28. The van der Waals surface area contributed by atoms with Gasteiger partial charge in [-0.1, -0.05) is 15.9 Å². The summed E-state index contributed by atoms with van der Waals surface area (Å²) in [6.07, 6.45) is 0.0551. The fourth-order valence-corrected chi connectivity index (χ4v) is 1.70. The smallest absolute Gasteiger partial charge is 0.315 e. The molecule has 0 aliphatic carbocycles. The van der Waals surface area contributed by atoms with Crippen molar-refractivity contribution < 1.29 is 14.3 Å². The van der Waals surface area contributed by atoms with E-state index in [1.165, 1.54) is 12.1 Å². The van der Waals surface area contributed by atoms with E-state index in [2.05, 4.69) is 26.6 Å². The van der Waals surface area contributed by atoms with Crippen LogP contribution in [0.3, 0.4) is 0 Å². The first-order valence-electron chi connectivity index (χ1n) is 5.62. The van der Waals surface area contributed by atoms with Gasteiger partial charge in [-0.15, -0.1) is 0 Å². The fraction of sp³-hybridized carbons (Fsp3) is 0.417. The number of hydrogen-bond donors (Lipinski definition) is 3. The zero-order chi connectivity index (χ0) is 13.5. The van der Waals surface area contributed by atoms with E-state index in [9.17, 15) is 9.18 Å². The molecule has 4 nitrogen and oxygen atoms in total. The first kappa shape index (κ1) is 14.9. The van der Waals surface area contributed by atoms with Gasteiger partial charge in [-0.05, 0) is 37.1 Å². The topological polar surface area (TPSA) is 61.4 Å². The summed E-state index contributed by atoms with van der Waals surface area (Å²) in [5, 5.41) is 14.2. The van der Waals surface area contributed by atoms with Crippen LogP contribution in [0.15, 0.2) is 22.7 Å². The molecule has 0 fully saturated rings. The van der Waals surface area contributed by atoms with Gasteiger partial charge in [0.1, 0.15) is 5.82 Å². The van der Waals surface area contributed by atoms with E-state index in [1.807, 2.05) is 0 Å². The summed E-state index contributed by atoms with van der Waals surface area (Å²) in [5.74, 6) is -0.343. The van der Waals surface area contributed by atoms with Crippen LogP contribution < -0.4 is 10.6 Å². The number of urea groups is 1. The molecule has 1 atom stereocenters. The second-order valence-corrected chi connectivity index (χ2v) is 4.84. The second kappa shape index (κ2) is 7.33. The van der Waals surface area contributed by atoms with Crippen LogP contribution in [0, 0.1) is 5.82 Å². The Balaban J connectivity index is 2.36. The Kier molecular flexibility index (Phi) is 6.07. The van der Waals surface area contributed by atoms with Crippen molar-refractivity contribution in [2.24, 2.45) is 0 Å². The average Bonchev–Trinajstić information content (AvgIpc) is 2.30. The number of nitrogens with one attached hydrogen (secondary N) is 2. The predicted molar refractivity (Wildman–Crippen MR) is 70.6 cm³/mol. The normalized spacial score (nSPS) is 12.0. The molecule has 6 heteroatoms. The average molecular weight is 319 g/mol. The van der Waals surface area contributed by atoms with Crippen molar-refractivity contribution in [3.8, 4) is 0 Å². The van der Waals surface area contributed by atoms with Crippen molar-refractivity contribution in [1.29, 1.82) is 0 Å². The lowest BCUT2D eigenvalue weighted by Crippen LogP contribution is -2.36. The molecule has 3 N–H and O–H groups in total. The largest absolute Gasteiger partial charge is 0.393 e. The van der Waals surface area contributed by atoms with Crippen LogP contribution in [0.5, 0.6) is 0 Å². The number of benzene rings is 1. The molecule has 1 aromatic rings. The molecule has 1 aromatic carbocycles. The number of amides is 2. The van der Waals surface area contributed by atoms with Crippen LogP contribution >= 0.6 is 15.9 Å². The number of carbonyl (C=O) groups excluding carboxylic acids is 1. The van der Waals surface area contributed by atoms with Gasteiger partial charge in [0, 0.05) is 17.6 Å². The van der Waals surface area contributed by atoms with Crippen molar-refractivity contribution in [3.63, 3.8) is 0 Å². The highest BCUT2D eigenvalue weighted by Crippen LogP contribution is 2.17. The van der Waals surface area contributed by atoms with Crippen LogP contribution in [0.1, 0.15) is 18.9 Å². The molecule has 0 spiro atoms. The van der Waals surface area contributed by atoms with Crippen molar-refractivity contribution >= 4 is 22.0 Å². The van der Waals surface area contributed by atoms with Gasteiger partial charge >= 0.3 is 6.03 Å². The molecular weight excluding hydrogens is 303 g/mol. The lowest BCUT2D eigenvalue weighted by Gasteiger charge is -2.09. The molecule has 1 rings (SSSR count). The van der Waals surface area contributed by atoms with Crippen LogP contribution in [0.2, 0.25) is 0 Å². The Hall–Kier alpha value is -1.14. The predicted octanol–water partition coefficient (Wildman–Crippen LogP) is 2.16. The highest BCUT2D eigenvalue weighted by molar-refractivity contribution is 9.10. The third-order valence-corrected chi connectivity index (χ3v) is 3.07. The van der Waals surface area contributed by atoms with E-state index in [0.29, 0.717) is 18.5 Å². The van der Waals surface area contributed by atoms with E-state index < -0.39 is 6.10 Å². The first-order chi connectivity index (χ1) is 8.49. The molecule has 18 heavy (non-hydrogen) atoms. The molecule has 0 saturated carbocycles. The summed E-state index contributed by atoms with van der Waals surface area (Å²) in [5.41, 5.74) is 0.667. The molecule has 1 unspecified atom stereocenters. The highest BCUT2D eigenvalue weighted by atomic mass is 79.9. The minimum Gasteiger partial charge on any atom is -0.393 e. The van der Waals surface area contributed by atoms with Crippen LogP contribution in [0.4, 0.5) is 9.18 Å².